The lowest BCUT2D eigenvalue weighted by Crippen LogP contribution is -2.34. The highest BCUT2D eigenvalue weighted by Crippen LogP contribution is 2.23. The van der Waals surface area contributed by atoms with Gasteiger partial charge in [0.1, 0.15) is 0 Å². The summed E-state index contributed by atoms with van der Waals surface area (Å²) in [5, 5.41) is 0. The van der Waals surface area contributed by atoms with Gasteiger partial charge in [0.2, 0.25) is 15.9 Å². The first kappa shape index (κ1) is 17.5. The fraction of sp³-hybridized carbons (Fsp3) is 0.316. The first-order chi connectivity index (χ1) is 11.9. The number of hydrogen-bond acceptors (Lipinski definition) is 3. The maximum Gasteiger partial charge on any atom is 0.233 e. The third kappa shape index (κ3) is 4.60. The molecule has 3 rings (SSSR count). The van der Waals surface area contributed by atoms with E-state index in [1.807, 2.05) is 42.5 Å². The molecule has 0 fully saturated rings. The number of nitrogens with zero attached hydrogens (tertiary/aromatic N) is 1. The van der Waals surface area contributed by atoms with Crippen molar-refractivity contribution in [1.82, 2.24) is 4.90 Å². The SMILES string of the molecule is CC(=O)N1CCc2ccc(NS(=O)(=O)CCc3ccccc3)cc2C1. The summed E-state index contributed by atoms with van der Waals surface area (Å²) in [5.74, 6) is 0.0766. The number of rotatable bonds is 5. The van der Waals surface area contributed by atoms with Crippen molar-refractivity contribution in [3.05, 3.63) is 65.2 Å². The minimum atomic E-state index is -3.42. The third-order valence-corrected chi connectivity index (χ3v) is 5.73. The lowest BCUT2D eigenvalue weighted by Gasteiger charge is -2.28. The number of aryl methyl sites for hydroxylation is 1. The molecule has 0 radical (unpaired) electrons. The van der Waals surface area contributed by atoms with Crippen molar-refractivity contribution < 1.29 is 13.2 Å². The van der Waals surface area contributed by atoms with Gasteiger partial charge in [0, 0.05) is 25.7 Å². The fourth-order valence-corrected chi connectivity index (χ4v) is 4.11. The van der Waals surface area contributed by atoms with E-state index in [-0.39, 0.29) is 11.7 Å². The Balaban J connectivity index is 1.68. The molecule has 0 aromatic heterocycles. The Kier molecular flexibility index (Phi) is 5.08. The largest absolute Gasteiger partial charge is 0.338 e. The Morgan fingerprint density at radius 1 is 1.12 bits per heavy atom. The fourth-order valence-electron chi connectivity index (χ4n) is 3.02. The average molecular weight is 358 g/mol. The number of carbonyl (C=O) groups is 1. The van der Waals surface area contributed by atoms with Gasteiger partial charge in [-0.15, -0.1) is 0 Å². The number of amides is 1. The van der Waals surface area contributed by atoms with Gasteiger partial charge in [-0.2, -0.15) is 0 Å². The molecule has 132 valence electrons. The number of anilines is 1. The van der Waals surface area contributed by atoms with Crippen LogP contribution in [0.4, 0.5) is 5.69 Å². The van der Waals surface area contributed by atoms with Gasteiger partial charge in [-0.1, -0.05) is 36.4 Å². The van der Waals surface area contributed by atoms with Crippen LogP contribution in [-0.4, -0.2) is 31.5 Å². The van der Waals surface area contributed by atoms with E-state index in [9.17, 15) is 13.2 Å². The van der Waals surface area contributed by atoms with Crippen LogP contribution in [0.25, 0.3) is 0 Å². The summed E-state index contributed by atoms with van der Waals surface area (Å²) in [7, 11) is -3.42. The molecule has 5 nitrogen and oxygen atoms in total. The summed E-state index contributed by atoms with van der Waals surface area (Å²) in [6.07, 6.45) is 1.27. The summed E-state index contributed by atoms with van der Waals surface area (Å²) in [5.41, 5.74) is 3.72. The van der Waals surface area contributed by atoms with Gasteiger partial charge in [0.05, 0.1) is 5.75 Å². The van der Waals surface area contributed by atoms with Crippen LogP contribution in [0.2, 0.25) is 0 Å². The second kappa shape index (κ2) is 7.27. The Morgan fingerprint density at radius 2 is 1.88 bits per heavy atom. The van der Waals surface area contributed by atoms with Crippen LogP contribution in [0.15, 0.2) is 48.5 Å². The Labute approximate surface area is 148 Å². The van der Waals surface area contributed by atoms with Gasteiger partial charge >= 0.3 is 0 Å². The van der Waals surface area contributed by atoms with Crippen LogP contribution >= 0.6 is 0 Å². The van der Waals surface area contributed by atoms with Crippen molar-refractivity contribution in [3.8, 4) is 0 Å². The van der Waals surface area contributed by atoms with Crippen molar-refractivity contribution in [2.24, 2.45) is 0 Å². The first-order valence-electron chi connectivity index (χ1n) is 8.35. The standard InChI is InChI=1S/C19H22N2O3S/c1-15(22)21-11-9-17-7-8-19(13-18(17)14-21)20-25(23,24)12-10-16-5-3-2-4-6-16/h2-8,13,20H,9-12,14H2,1H3. The van der Waals surface area contributed by atoms with E-state index in [4.69, 9.17) is 0 Å². The molecule has 1 aliphatic heterocycles. The van der Waals surface area contributed by atoms with E-state index >= 15 is 0 Å². The van der Waals surface area contributed by atoms with E-state index in [1.165, 1.54) is 5.56 Å². The molecule has 1 N–H and O–H groups in total. The molecule has 25 heavy (non-hydrogen) atoms. The molecule has 1 heterocycles. The van der Waals surface area contributed by atoms with Crippen LogP contribution in [-0.2, 0) is 34.2 Å². The van der Waals surface area contributed by atoms with Gasteiger partial charge in [0.15, 0.2) is 0 Å². The second-order valence-corrected chi connectivity index (χ2v) is 8.17. The number of carbonyl (C=O) groups excluding carboxylic acids is 1. The van der Waals surface area contributed by atoms with Crippen LogP contribution < -0.4 is 4.72 Å². The molecule has 0 saturated carbocycles. The van der Waals surface area contributed by atoms with Crippen molar-refractivity contribution in [3.63, 3.8) is 0 Å². The van der Waals surface area contributed by atoms with Gasteiger partial charge in [-0.3, -0.25) is 9.52 Å². The summed E-state index contributed by atoms with van der Waals surface area (Å²) in [6, 6.07) is 15.1. The Bertz CT molecular complexity index is 863. The van der Waals surface area contributed by atoms with Crippen LogP contribution in [0.5, 0.6) is 0 Å². The van der Waals surface area contributed by atoms with Crippen LogP contribution in [0, 0.1) is 0 Å². The predicted molar refractivity (Wildman–Crippen MR) is 98.8 cm³/mol. The minimum Gasteiger partial charge on any atom is -0.338 e. The molecular formula is C19H22N2O3S. The molecule has 1 amide bonds. The highest BCUT2D eigenvalue weighted by atomic mass is 32.2. The van der Waals surface area contributed by atoms with Crippen molar-refractivity contribution in [1.29, 1.82) is 0 Å². The maximum atomic E-state index is 12.3. The monoisotopic (exact) mass is 358 g/mol. The molecule has 2 aromatic rings. The smallest absolute Gasteiger partial charge is 0.233 e. The summed E-state index contributed by atoms with van der Waals surface area (Å²) < 4.78 is 27.3. The lowest BCUT2D eigenvalue weighted by molar-refractivity contribution is -0.129. The normalized spacial score (nSPS) is 14.0. The second-order valence-electron chi connectivity index (χ2n) is 6.33. The zero-order valence-electron chi connectivity index (χ0n) is 14.2. The van der Waals surface area contributed by atoms with Gasteiger partial charge in [-0.05, 0) is 41.7 Å². The maximum absolute atomic E-state index is 12.3. The highest BCUT2D eigenvalue weighted by molar-refractivity contribution is 7.92. The summed E-state index contributed by atoms with van der Waals surface area (Å²) >= 11 is 0. The van der Waals surface area contributed by atoms with Crippen molar-refractivity contribution >= 4 is 21.6 Å². The molecule has 0 spiro atoms. The predicted octanol–water partition coefficient (Wildman–Crippen LogP) is 2.58. The van der Waals surface area contributed by atoms with E-state index in [0.717, 1.165) is 17.5 Å². The zero-order chi connectivity index (χ0) is 17.9. The number of sulfonamides is 1. The van der Waals surface area contributed by atoms with E-state index in [1.54, 1.807) is 17.9 Å². The minimum absolute atomic E-state index is 0.0354. The van der Waals surface area contributed by atoms with Crippen molar-refractivity contribution in [2.45, 2.75) is 26.3 Å². The van der Waals surface area contributed by atoms with Gasteiger partial charge in [-0.25, -0.2) is 8.42 Å². The highest BCUT2D eigenvalue weighted by Gasteiger charge is 2.19. The van der Waals surface area contributed by atoms with Crippen LogP contribution in [0.3, 0.4) is 0 Å². The molecule has 0 atom stereocenters. The molecule has 1 aliphatic rings. The number of fused-ring (bicyclic) bond motifs is 1. The number of hydrogen-bond donors (Lipinski definition) is 1. The number of nitrogens with one attached hydrogen (secondary N) is 1. The molecule has 0 saturated heterocycles. The van der Waals surface area contributed by atoms with Crippen LogP contribution in [0.1, 0.15) is 23.6 Å². The average Bonchev–Trinajstić information content (AvgIpc) is 2.60. The third-order valence-electron chi connectivity index (χ3n) is 4.44. The molecule has 0 unspecified atom stereocenters. The zero-order valence-corrected chi connectivity index (χ0v) is 15.1. The molecule has 0 aliphatic carbocycles. The first-order valence-corrected chi connectivity index (χ1v) is 10.00. The van der Waals surface area contributed by atoms with E-state index in [0.29, 0.717) is 25.2 Å². The quantitative estimate of drug-likeness (QED) is 0.893. The number of benzene rings is 2. The Hall–Kier alpha value is -2.34. The van der Waals surface area contributed by atoms with E-state index < -0.39 is 10.0 Å². The lowest BCUT2D eigenvalue weighted by atomic mass is 9.99. The molecular weight excluding hydrogens is 336 g/mol. The molecule has 0 bridgehead atoms. The molecule has 2 aromatic carbocycles. The molecule has 6 heteroatoms. The van der Waals surface area contributed by atoms with Gasteiger partial charge < -0.3 is 4.90 Å². The van der Waals surface area contributed by atoms with Gasteiger partial charge in [0.25, 0.3) is 0 Å². The topological polar surface area (TPSA) is 66.5 Å². The summed E-state index contributed by atoms with van der Waals surface area (Å²) in [4.78, 5) is 13.3. The summed E-state index contributed by atoms with van der Waals surface area (Å²) in [6.45, 7) is 2.80. The Morgan fingerprint density at radius 3 is 2.60 bits per heavy atom. The van der Waals surface area contributed by atoms with E-state index in [2.05, 4.69) is 4.72 Å². The van der Waals surface area contributed by atoms with Crippen molar-refractivity contribution in [2.75, 3.05) is 17.0 Å².